The van der Waals surface area contributed by atoms with E-state index in [0.29, 0.717) is 0 Å². The Kier molecular flexibility index (Phi) is 3.45. The summed E-state index contributed by atoms with van der Waals surface area (Å²) in [6.07, 6.45) is 1.05. The summed E-state index contributed by atoms with van der Waals surface area (Å²) < 4.78 is 12.7. The monoisotopic (exact) mass is 356 g/mol. The second-order valence-corrected chi connectivity index (χ2v) is 8.79. The van der Waals surface area contributed by atoms with E-state index in [1.165, 1.54) is 37.9 Å². The Labute approximate surface area is 160 Å². The average molecular weight is 356 g/mol. The number of hydrogen-bond acceptors (Lipinski definition) is 2. The fourth-order valence-corrected chi connectivity index (χ4v) is 4.29. The minimum absolute atomic E-state index is 0.336. The molecule has 1 heterocycles. The van der Waals surface area contributed by atoms with Crippen LogP contribution in [0.1, 0.15) is 40.2 Å². The summed E-state index contributed by atoms with van der Waals surface area (Å²) in [5.41, 5.74) is 1.83. The maximum Gasteiger partial charge on any atom is 0.495 e. The first kappa shape index (κ1) is 17.0. The molecule has 0 unspecified atom stereocenters. The normalized spacial score (nSPS) is 18.9. The van der Waals surface area contributed by atoms with Gasteiger partial charge < -0.3 is 9.31 Å². The lowest BCUT2D eigenvalue weighted by Gasteiger charge is -2.32. The van der Waals surface area contributed by atoms with Crippen LogP contribution in [-0.4, -0.2) is 18.3 Å². The van der Waals surface area contributed by atoms with Gasteiger partial charge in [-0.1, -0.05) is 55.5 Å². The zero-order chi connectivity index (χ0) is 19.0. The lowest BCUT2D eigenvalue weighted by molar-refractivity contribution is 0.00578. The second kappa shape index (κ2) is 5.46. The molecule has 1 aliphatic rings. The third-order valence-corrected chi connectivity index (χ3v) is 6.61. The molecule has 0 aromatic heterocycles. The van der Waals surface area contributed by atoms with Crippen LogP contribution >= 0.6 is 0 Å². The highest BCUT2D eigenvalue weighted by molar-refractivity contribution is 6.65. The Balaban J connectivity index is 1.79. The number of aryl methyl sites for hydroxylation is 1. The standard InChI is InChI=1S/C24H25BO2/c1-6-15-13-17-8-7-16-10-12-20(25-26-23(2,3)24(4,5)27-25)19-11-9-18(14-15)21(17)22(16)19/h7-14H,6H2,1-5H3. The van der Waals surface area contributed by atoms with Crippen LogP contribution in [0.2, 0.25) is 0 Å². The third-order valence-electron chi connectivity index (χ3n) is 6.61. The van der Waals surface area contributed by atoms with Crippen molar-refractivity contribution in [2.75, 3.05) is 0 Å². The molecule has 0 radical (unpaired) electrons. The maximum atomic E-state index is 6.35. The van der Waals surface area contributed by atoms with Gasteiger partial charge in [0.05, 0.1) is 11.2 Å². The van der Waals surface area contributed by atoms with Gasteiger partial charge in [-0.25, -0.2) is 0 Å². The van der Waals surface area contributed by atoms with Crippen molar-refractivity contribution in [3.8, 4) is 0 Å². The fourth-order valence-electron chi connectivity index (χ4n) is 4.29. The highest BCUT2D eigenvalue weighted by atomic mass is 16.7. The summed E-state index contributed by atoms with van der Waals surface area (Å²) in [5.74, 6) is 0. The van der Waals surface area contributed by atoms with E-state index < -0.39 is 0 Å². The molecule has 0 spiro atoms. The lowest BCUT2D eigenvalue weighted by atomic mass is 9.74. The minimum Gasteiger partial charge on any atom is -0.399 e. The molecule has 136 valence electrons. The topological polar surface area (TPSA) is 18.5 Å². The van der Waals surface area contributed by atoms with Crippen LogP contribution in [0.15, 0.2) is 48.5 Å². The molecule has 4 aromatic rings. The summed E-state index contributed by atoms with van der Waals surface area (Å²) >= 11 is 0. The highest BCUT2D eigenvalue weighted by Crippen LogP contribution is 2.39. The predicted molar refractivity (Wildman–Crippen MR) is 115 cm³/mol. The van der Waals surface area contributed by atoms with E-state index >= 15 is 0 Å². The van der Waals surface area contributed by atoms with Crippen molar-refractivity contribution in [2.45, 2.75) is 52.2 Å². The summed E-state index contributed by atoms with van der Waals surface area (Å²) in [6.45, 7) is 10.6. The molecule has 1 saturated heterocycles. The van der Waals surface area contributed by atoms with Crippen molar-refractivity contribution in [2.24, 2.45) is 0 Å². The van der Waals surface area contributed by atoms with Gasteiger partial charge in [-0.2, -0.15) is 0 Å². The zero-order valence-corrected chi connectivity index (χ0v) is 16.7. The molecule has 2 nitrogen and oxygen atoms in total. The molecule has 1 fully saturated rings. The number of hydrogen-bond donors (Lipinski definition) is 0. The molecule has 0 N–H and O–H groups in total. The zero-order valence-electron chi connectivity index (χ0n) is 16.7. The Morgan fingerprint density at radius 2 is 1.30 bits per heavy atom. The molecule has 0 bridgehead atoms. The molecule has 0 amide bonds. The van der Waals surface area contributed by atoms with Crippen LogP contribution in [0.3, 0.4) is 0 Å². The minimum atomic E-state index is -0.342. The largest absolute Gasteiger partial charge is 0.495 e. The molecule has 27 heavy (non-hydrogen) atoms. The fraction of sp³-hybridized carbons (Fsp3) is 0.333. The second-order valence-electron chi connectivity index (χ2n) is 8.79. The van der Waals surface area contributed by atoms with Crippen molar-refractivity contribution in [1.29, 1.82) is 0 Å². The molecule has 0 atom stereocenters. The van der Waals surface area contributed by atoms with Crippen LogP contribution in [0.4, 0.5) is 0 Å². The van der Waals surface area contributed by atoms with Crippen molar-refractivity contribution in [3.05, 3.63) is 54.1 Å². The van der Waals surface area contributed by atoms with Crippen molar-refractivity contribution < 1.29 is 9.31 Å². The molecule has 1 aliphatic heterocycles. The first-order chi connectivity index (χ1) is 12.8. The Bertz CT molecular complexity index is 1140. The van der Waals surface area contributed by atoms with E-state index in [1.54, 1.807) is 0 Å². The van der Waals surface area contributed by atoms with Gasteiger partial charge in [0, 0.05) is 0 Å². The van der Waals surface area contributed by atoms with Crippen molar-refractivity contribution in [3.63, 3.8) is 0 Å². The van der Waals surface area contributed by atoms with Gasteiger partial charge in [-0.15, -0.1) is 0 Å². The first-order valence-corrected chi connectivity index (χ1v) is 9.87. The molecule has 0 aliphatic carbocycles. The number of rotatable bonds is 2. The molecular weight excluding hydrogens is 331 g/mol. The van der Waals surface area contributed by atoms with Crippen molar-refractivity contribution >= 4 is 44.9 Å². The van der Waals surface area contributed by atoms with Gasteiger partial charge in [0.15, 0.2) is 0 Å². The smallest absolute Gasteiger partial charge is 0.399 e. The summed E-state index contributed by atoms with van der Waals surface area (Å²) in [6, 6.07) is 18.0. The summed E-state index contributed by atoms with van der Waals surface area (Å²) in [7, 11) is -0.342. The van der Waals surface area contributed by atoms with Gasteiger partial charge in [0.2, 0.25) is 0 Å². The molecule has 0 saturated carbocycles. The Hall–Kier alpha value is -2.10. The van der Waals surface area contributed by atoms with Crippen LogP contribution in [-0.2, 0) is 15.7 Å². The van der Waals surface area contributed by atoms with Crippen LogP contribution in [0.25, 0.3) is 32.3 Å². The summed E-state index contributed by atoms with van der Waals surface area (Å²) in [4.78, 5) is 0. The van der Waals surface area contributed by atoms with E-state index in [9.17, 15) is 0 Å². The summed E-state index contributed by atoms with van der Waals surface area (Å²) in [5, 5.41) is 7.79. The van der Waals surface area contributed by atoms with Gasteiger partial charge in [0.25, 0.3) is 0 Å². The van der Waals surface area contributed by atoms with Crippen LogP contribution in [0, 0.1) is 0 Å². The Morgan fingerprint density at radius 1 is 0.741 bits per heavy atom. The lowest BCUT2D eigenvalue weighted by Crippen LogP contribution is -2.41. The third kappa shape index (κ3) is 2.35. The van der Waals surface area contributed by atoms with Gasteiger partial charge in [-0.05, 0) is 77.5 Å². The molecular formula is C24H25BO2. The van der Waals surface area contributed by atoms with E-state index in [1.807, 2.05) is 0 Å². The molecule has 4 aromatic carbocycles. The molecule has 3 heteroatoms. The first-order valence-electron chi connectivity index (χ1n) is 9.87. The van der Waals surface area contributed by atoms with Gasteiger partial charge in [-0.3, -0.25) is 0 Å². The maximum absolute atomic E-state index is 6.35. The van der Waals surface area contributed by atoms with Crippen LogP contribution < -0.4 is 5.46 Å². The van der Waals surface area contributed by atoms with Crippen molar-refractivity contribution in [1.82, 2.24) is 0 Å². The van der Waals surface area contributed by atoms with E-state index in [2.05, 4.69) is 83.1 Å². The predicted octanol–water partition coefficient (Wildman–Crippen LogP) is 5.45. The molecule has 5 rings (SSSR count). The van der Waals surface area contributed by atoms with Gasteiger partial charge >= 0.3 is 7.12 Å². The quantitative estimate of drug-likeness (QED) is 0.351. The highest BCUT2D eigenvalue weighted by Gasteiger charge is 2.52. The number of benzene rings is 4. The van der Waals surface area contributed by atoms with Gasteiger partial charge in [0.1, 0.15) is 0 Å². The van der Waals surface area contributed by atoms with E-state index in [0.717, 1.165) is 11.9 Å². The SMILES string of the molecule is CCc1cc2ccc3ccc(B4OC(C)(C)C(C)(C)O4)c4ccc(c1)c2c34. The Morgan fingerprint density at radius 3 is 1.93 bits per heavy atom. The average Bonchev–Trinajstić information content (AvgIpc) is 2.86. The van der Waals surface area contributed by atoms with E-state index in [-0.39, 0.29) is 18.3 Å². The van der Waals surface area contributed by atoms with E-state index in [4.69, 9.17) is 9.31 Å². The van der Waals surface area contributed by atoms with Crippen LogP contribution in [0.5, 0.6) is 0 Å².